The summed E-state index contributed by atoms with van der Waals surface area (Å²) in [5.41, 5.74) is 0.395. The highest BCUT2D eigenvalue weighted by atomic mass is 16.2. The Balaban J connectivity index is 2.28. The number of likely N-dealkylation sites (tertiary alicyclic amines) is 1. The molecule has 0 unspecified atom stereocenters. The summed E-state index contributed by atoms with van der Waals surface area (Å²) in [6.45, 7) is 9.86. The maximum absolute atomic E-state index is 11.3. The van der Waals surface area contributed by atoms with Gasteiger partial charge in [0.2, 0.25) is 5.91 Å². The maximum Gasteiger partial charge on any atom is 0.234 e. The van der Waals surface area contributed by atoms with Crippen LogP contribution in [0, 0.1) is 5.41 Å². The summed E-state index contributed by atoms with van der Waals surface area (Å²) >= 11 is 0. The number of amides is 1. The molecule has 0 bridgehead atoms. The smallest absolute Gasteiger partial charge is 0.234 e. The van der Waals surface area contributed by atoms with Crippen molar-refractivity contribution in [3.05, 3.63) is 0 Å². The van der Waals surface area contributed by atoms with Crippen LogP contribution in [0.4, 0.5) is 0 Å². The van der Waals surface area contributed by atoms with Gasteiger partial charge >= 0.3 is 0 Å². The predicted octanol–water partition coefficient (Wildman–Crippen LogP) is 0.854. The first-order valence-electron chi connectivity index (χ1n) is 5.02. The molecule has 1 amide bonds. The number of carbonyl (C=O) groups excluding carboxylic acids is 1. The van der Waals surface area contributed by atoms with E-state index in [2.05, 4.69) is 24.1 Å². The first kappa shape index (κ1) is 10.5. The van der Waals surface area contributed by atoms with Crippen molar-refractivity contribution in [2.75, 3.05) is 26.2 Å². The Kier molecular flexibility index (Phi) is 3.31. The minimum Gasteiger partial charge on any atom is -0.355 e. The molecular weight excluding hydrogens is 164 g/mol. The van der Waals surface area contributed by atoms with Gasteiger partial charge in [0.05, 0.1) is 6.54 Å². The third-order valence-electron chi connectivity index (χ3n) is 2.50. The zero-order chi connectivity index (χ0) is 9.90. The summed E-state index contributed by atoms with van der Waals surface area (Å²) in [6, 6.07) is 0. The summed E-state index contributed by atoms with van der Waals surface area (Å²) in [5.74, 6) is 0.153. The zero-order valence-electron chi connectivity index (χ0n) is 8.89. The highest BCUT2D eigenvalue weighted by Gasteiger charge is 2.29. The lowest BCUT2D eigenvalue weighted by Gasteiger charge is -2.18. The average Bonchev–Trinajstić information content (AvgIpc) is 2.30. The van der Waals surface area contributed by atoms with Crippen LogP contribution in [0.2, 0.25) is 0 Å². The van der Waals surface area contributed by atoms with Gasteiger partial charge in [-0.2, -0.15) is 0 Å². The van der Waals surface area contributed by atoms with E-state index in [0.717, 1.165) is 19.6 Å². The third kappa shape index (κ3) is 3.35. The fraction of sp³-hybridized carbons (Fsp3) is 0.900. The molecule has 0 saturated carbocycles. The zero-order valence-corrected chi connectivity index (χ0v) is 8.89. The molecule has 1 saturated heterocycles. The molecule has 1 fully saturated rings. The van der Waals surface area contributed by atoms with E-state index in [1.165, 1.54) is 6.42 Å². The van der Waals surface area contributed by atoms with E-state index in [1.807, 2.05) is 6.92 Å². The van der Waals surface area contributed by atoms with Gasteiger partial charge in [0.1, 0.15) is 0 Å². The first-order chi connectivity index (χ1) is 6.03. The molecule has 1 heterocycles. The molecule has 3 nitrogen and oxygen atoms in total. The van der Waals surface area contributed by atoms with E-state index < -0.39 is 0 Å². The fourth-order valence-electron chi connectivity index (χ4n) is 1.82. The Bertz CT molecular complexity index is 189. The van der Waals surface area contributed by atoms with Crippen molar-refractivity contribution in [2.45, 2.75) is 27.2 Å². The van der Waals surface area contributed by atoms with Gasteiger partial charge < -0.3 is 5.32 Å². The van der Waals surface area contributed by atoms with Gasteiger partial charge in [-0.1, -0.05) is 13.8 Å². The molecule has 0 aliphatic carbocycles. The van der Waals surface area contributed by atoms with Crippen molar-refractivity contribution < 1.29 is 4.79 Å². The van der Waals surface area contributed by atoms with Crippen molar-refractivity contribution in [1.82, 2.24) is 10.2 Å². The topological polar surface area (TPSA) is 32.3 Å². The number of likely N-dealkylation sites (N-methyl/N-ethyl adjacent to an activating group) is 1. The van der Waals surface area contributed by atoms with Gasteiger partial charge in [-0.05, 0) is 25.3 Å². The molecule has 0 atom stereocenters. The van der Waals surface area contributed by atoms with Crippen LogP contribution in [0.25, 0.3) is 0 Å². The lowest BCUT2D eigenvalue weighted by atomic mass is 9.93. The molecule has 1 rings (SSSR count). The molecule has 0 radical (unpaired) electrons. The van der Waals surface area contributed by atoms with Gasteiger partial charge in [0, 0.05) is 13.1 Å². The molecule has 76 valence electrons. The molecule has 13 heavy (non-hydrogen) atoms. The van der Waals surface area contributed by atoms with Gasteiger partial charge in [0.25, 0.3) is 0 Å². The van der Waals surface area contributed by atoms with Gasteiger partial charge in [-0.25, -0.2) is 0 Å². The molecule has 1 aliphatic rings. The molecule has 0 aromatic carbocycles. The molecule has 1 N–H and O–H groups in total. The number of hydrogen-bond acceptors (Lipinski definition) is 2. The van der Waals surface area contributed by atoms with Crippen molar-refractivity contribution in [3.8, 4) is 0 Å². The number of nitrogens with one attached hydrogen (secondary N) is 1. The maximum atomic E-state index is 11.3. The van der Waals surface area contributed by atoms with E-state index in [1.54, 1.807) is 0 Å². The molecule has 0 aromatic rings. The Morgan fingerprint density at radius 3 is 2.69 bits per heavy atom. The normalized spacial score (nSPS) is 21.8. The molecule has 3 heteroatoms. The van der Waals surface area contributed by atoms with Gasteiger partial charge in [0.15, 0.2) is 0 Å². The summed E-state index contributed by atoms with van der Waals surface area (Å²) in [6.07, 6.45) is 1.20. The number of nitrogens with zero attached hydrogens (tertiary/aromatic N) is 1. The van der Waals surface area contributed by atoms with Crippen LogP contribution >= 0.6 is 0 Å². The third-order valence-corrected chi connectivity index (χ3v) is 2.50. The second-order valence-electron chi connectivity index (χ2n) is 4.58. The summed E-state index contributed by atoms with van der Waals surface area (Å²) in [7, 11) is 0. The van der Waals surface area contributed by atoms with E-state index in [0.29, 0.717) is 12.0 Å². The van der Waals surface area contributed by atoms with E-state index >= 15 is 0 Å². The minimum absolute atomic E-state index is 0.153. The second kappa shape index (κ2) is 4.09. The van der Waals surface area contributed by atoms with Crippen LogP contribution in [0.15, 0.2) is 0 Å². The highest BCUT2D eigenvalue weighted by Crippen LogP contribution is 2.28. The Morgan fingerprint density at radius 1 is 1.54 bits per heavy atom. The average molecular weight is 184 g/mol. The predicted molar refractivity (Wildman–Crippen MR) is 53.5 cm³/mol. The molecule has 0 spiro atoms. The van der Waals surface area contributed by atoms with Crippen LogP contribution in [-0.2, 0) is 4.79 Å². The summed E-state index contributed by atoms with van der Waals surface area (Å²) in [4.78, 5) is 13.5. The summed E-state index contributed by atoms with van der Waals surface area (Å²) in [5, 5.41) is 2.82. The molecular formula is C10H20N2O. The lowest BCUT2D eigenvalue weighted by Crippen LogP contribution is -2.36. The van der Waals surface area contributed by atoms with Crippen molar-refractivity contribution in [2.24, 2.45) is 5.41 Å². The van der Waals surface area contributed by atoms with Crippen LogP contribution in [0.3, 0.4) is 0 Å². The van der Waals surface area contributed by atoms with Crippen LogP contribution in [-0.4, -0.2) is 37.0 Å². The Hall–Kier alpha value is -0.570. The Labute approximate surface area is 80.5 Å². The lowest BCUT2D eigenvalue weighted by molar-refractivity contribution is -0.121. The number of carbonyl (C=O) groups is 1. The van der Waals surface area contributed by atoms with Crippen LogP contribution < -0.4 is 5.32 Å². The van der Waals surface area contributed by atoms with E-state index in [9.17, 15) is 4.79 Å². The Morgan fingerprint density at radius 2 is 2.23 bits per heavy atom. The van der Waals surface area contributed by atoms with Crippen molar-refractivity contribution in [1.29, 1.82) is 0 Å². The molecule has 0 aromatic heterocycles. The number of hydrogen-bond donors (Lipinski definition) is 1. The highest BCUT2D eigenvalue weighted by molar-refractivity contribution is 5.77. The van der Waals surface area contributed by atoms with Crippen LogP contribution in [0.1, 0.15) is 27.2 Å². The van der Waals surface area contributed by atoms with Crippen molar-refractivity contribution >= 4 is 5.91 Å². The monoisotopic (exact) mass is 184 g/mol. The largest absolute Gasteiger partial charge is 0.355 e. The standard InChI is InChI=1S/C10H20N2O/c1-4-11-9(13)7-12-6-5-10(2,3)8-12/h4-8H2,1-3H3,(H,11,13). The number of rotatable bonds is 3. The van der Waals surface area contributed by atoms with Gasteiger partial charge in [-0.3, -0.25) is 9.69 Å². The molecule has 1 aliphatic heterocycles. The van der Waals surface area contributed by atoms with Gasteiger partial charge in [-0.15, -0.1) is 0 Å². The van der Waals surface area contributed by atoms with E-state index in [4.69, 9.17) is 0 Å². The minimum atomic E-state index is 0.153. The van der Waals surface area contributed by atoms with Crippen LogP contribution in [0.5, 0.6) is 0 Å². The summed E-state index contributed by atoms with van der Waals surface area (Å²) < 4.78 is 0. The SMILES string of the molecule is CCNC(=O)CN1CCC(C)(C)C1. The fourth-order valence-corrected chi connectivity index (χ4v) is 1.82. The quantitative estimate of drug-likeness (QED) is 0.705. The van der Waals surface area contributed by atoms with E-state index in [-0.39, 0.29) is 5.91 Å². The first-order valence-corrected chi connectivity index (χ1v) is 5.02. The van der Waals surface area contributed by atoms with Crippen molar-refractivity contribution in [3.63, 3.8) is 0 Å². The second-order valence-corrected chi connectivity index (χ2v) is 4.58.